The average Bonchev–Trinajstić information content (AvgIpc) is 2.55. The summed E-state index contributed by atoms with van der Waals surface area (Å²) in [5.41, 5.74) is 1.17. The van der Waals surface area contributed by atoms with E-state index < -0.39 is 0 Å². The molecule has 21 heavy (non-hydrogen) atoms. The Morgan fingerprint density at radius 1 is 1.29 bits per heavy atom. The molecule has 4 heteroatoms. The standard InChI is InChI=1S/C17H25NO3/c1-18(16-9-12-20-13-10-16)17(19)8-5-11-21-14-15-6-3-2-4-7-15/h2-4,6-7,16H,5,8-14H2,1H3. The summed E-state index contributed by atoms with van der Waals surface area (Å²) in [6, 6.07) is 10.4. The second-order valence-electron chi connectivity index (χ2n) is 5.49. The van der Waals surface area contributed by atoms with E-state index in [1.807, 2.05) is 42.3 Å². The SMILES string of the molecule is CN(C(=O)CCCOCc1ccccc1)C1CCOCC1. The maximum absolute atomic E-state index is 12.1. The Hall–Kier alpha value is -1.39. The molecule has 1 aliphatic rings. The van der Waals surface area contributed by atoms with Gasteiger partial charge in [0.05, 0.1) is 6.61 Å². The number of rotatable bonds is 7. The highest BCUT2D eigenvalue weighted by Crippen LogP contribution is 2.14. The van der Waals surface area contributed by atoms with Gasteiger partial charge in [0, 0.05) is 39.3 Å². The molecular formula is C17H25NO3. The van der Waals surface area contributed by atoms with E-state index in [0.29, 0.717) is 25.7 Å². The zero-order valence-electron chi connectivity index (χ0n) is 12.8. The average molecular weight is 291 g/mol. The van der Waals surface area contributed by atoms with E-state index >= 15 is 0 Å². The van der Waals surface area contributed by atoms with E-state index in [9.17, 15) is 4.79 Å². The monoisotopic (exact) mass is 291 g/mol. The molecule has 1 aromatic carbocycles. The van der Waals surface area contributed by atoms with Crippen LogP contribution in [0.5, 0.6) is 0 Å². The first kappa shape index (κ1) is 16.0. The predicted octanol–water partition coefficient (Wildman–Crippen LogP) is 2.62. The van der Waals surface area contributed by atoms with Crippen LogP contribution in [-0.4, -0.2) is 43.7 Å². The number of nitrogens with zero attached hydrogens (tertiary/aromatic N) is 1. The fourth-order valence-electron chi connectivity index (χ4n) is 2.54. The number of benzene rings is 1. The van der Waals surface area contributed by atoms with Crippen LogP contribution in [0, 0.1) is 0 Å². The van der Waals surface area contributed by atoms with E-state index in [2.05, 4.69) is 0 Å². The van der Waals surface area contributed by atoms with Crippen LogP contribution < -0.4 is 0 Å². The number of ether oxygens (including phenoxy) is 2. The van der Waals surface area contributed by atoms with Crippen LogP contribution in [-0.2, 0) is 20.9 Å². The van der Waals surface area contributed by atoms with Crippen molar-refractivity contribution in [3.63, 3.8) is 0 Å². The Balaban J connectivity index is 1.58. The molecule has 0 atom stereocenters. The maximum Gasteiger partial charge on any atom is 0.222 e. The summed E-state index contributed by atoms with van der Waals surface area (Å²) in [6.07, 6.45) is 3.24. The number of carbonyl (C=O) groups excluding carboxylic acids is 1. The summed E-state index contributed by atoms with van der Waals surface area (Å²) in [7, 11) is 1.91. The van der Waals surface area contributed by atoms with Gasteiger partial charge in [0.25, 0.3) is 0 Å². The summed E-state index contributed by atoms with van der Waals surface area (Å²) in [5, 5.41) is 0. The molecule has 2 rings (SSSR count). The molecule has 0 radical (unpaired) electrons. The smallest absolute Gasteiger partial charge is 0.222 e. The molecule has 0 bridgehead atoms. The lowest BCUT2D eigenvalue weighted by Gasteiger charge is -2.31. The molecule has 1 heterocycles. The molecule has 0 saturated carbocycles. The molecule has 0 N–H and O–H groups in total. The third kappa shape index (κ3) is 5.48. The van der Waals surface area contributed by atoms with Crippen LogP contribution in [0.1, 0.15) is 31.2 Å². The van der Waals surface area contributed by atoms with Crippen LogP contribution in [0.3, 0.4) is 0 Å². The highest BCUT2D eigenvalue weighted by Gasteiger charge is 2.21. The number of amides is 1. The van der Waals surface area contributed by atoms with Crippen LogP contribution in [0.2, 0.25) is 0 Å². The van der Waals surface area contributed by atoms with Crippen molar-refractivity contribution in [2.24, 2.45) is 0 Å². The molecular weight excluding hydrogens is 266 g/mol. The van der Waals surface area contributed by atoms with Gasteiger partial charge < -0.3 is 14.4 Å². The lowest BCUT2D eigenvalue weighted by atomic mass is 10.1. The highest BCUT2D eigenvalue weighted by atomic mass is 16.5. The van der Waals surface area contributed by atoms with E-state index in [1.54, 1.807) is 0 Å². The minimum absolute atomic E-state index is 0.213. The minimum Gasteiger partial charge on any atom is -0.381 e. The van der Waals surface area contributed by atoms with Gasteiger partial charge in [-0.05, 0) is 24.8 Å². The van der Waals surface area contributed by atoms with Crippen LogP contribution in [0.4, 0.5) is 0 Å². The molecule has 116 valence electrons. The van der Waals surface area contributed by atoms with Crippen molar-refractivity contribution in [2.75, 3.05) is 26.9 Å². The summed E-state index contributed by atoms with van der Waals surface area (Å²) in [4.78, 5) is 14.0. The molecule has 0 unspecified atom stereocenters. The second-order valence-corrected chi connectivity index (χ2v) is 5.49. The third-order valence-electron chi connectivity index (χ3n) is 3.92. The van der Waals surface area contributed by atoms with Crippen molar-refractivity contribution >= 4 is 5.91 Å². The molecule has 1 amide bonds. The molecule has 1 aliphatic heterocycles. The first-order valence-electron chi connectivity index (χ1n) is 7.72. The molecule has 1 fully saturated rings. The van der Waals surface area contributed by atoms with Gasteiger partial charge >= 0.3 is 0 Å². The van der Waals surface area contributed by atoms with Gasteiger partial charge in [0.15, 0.2) is 0 Å². The molecule has 0 aromatic heterocycles. The van der Waals surface area contributed by atoms with E-state index in [-0.39, 0.29) is 5.91 Å². The van der Waals surface area contributed by atoms with Gasteiger partial charge in [-0.3, -0.25) is 4.79 Å². The minimum atomic E-state index is 0.213. The van der Waals surface area contributed by atoms with Crippen molar-refractivity contribution in [3.8, 4) is 0 Å². The summed E-state index contributed by atoms with van der Waals surface area (Å²) in [6.45, 7) is 2.78. The Morgan fingerprint density at radius 3 is 2.71 bits per heavy atom. The van der Waals surface area contributed by atoms with Gasteiger partial charge in [0.2, 0.25) is 5.91 Å². The fraction of sp³-hybridized carbons (Fsp3) is 0.588. The Morgan fingerprint density at radius 2 is 2.00 bits per heavy atom. The first-order valence-corrected chi connectivity index (χ1v) is 7.72. The maximum atomic E-state index is 12.1. The zero-order valence-corrected chi connectivity index (χ0v) is 12.8. The van der Waals surface area contributed by atoms with E-state index in [1.165, 1.54) is 5.56 Å². The van der Waals surface area contributed by atoms with Crippen molar-refractivity contribution < 1.29 is 14.3 Å². The molecule has 0 spiro atoms. The molecule has 0 aliphatic carbocycles. The number of hydrogen-bond acceptors (Lipinski definition) is 3. The lowest BCUT2D eigenvalue weighted by Crippen LogP contribution is -2.40. The van der Waals surface area contributed by atoms with Gasteiger partial charge in [-0.2, -0.15) is 0 Å². The van der Waals surface area contributed by atoms with Crippen molar-refractivity contribution in [1.29, 1.82) is 0 Å². The zero-order chi connectivity index (χ0) is 14.9. The summed E-state index contributed by atoms with van der Waals surface area (Å²) < 4.78 is 10.9. The van der Waals surface area contributed by atoms with Crippen LogP contribution in [0.25, 0.3) is 0 Å². The topological polar surface area (TPSA) is 38.8 Å². The van der Waals surface area contributed by atoms with Crippen molar-refractivity contribution in [2.45, 2.75) is 38.3 Å². The fourth-order valence-corrected chi connectivity index (χ4v) is 2.54. The normalized spacial score (nSPS) is 15.9. The second kappa shape index (κ2) is 8.80. The Labute approximate surface area is 127 Å². The summed E-state index contributed by atoms with van der Waals surface area (Å²) >= 11 is 0. The van der Waals surface area contributed by atoms with E-state index in [4.69, 9.17) is 9.47 Å². The molecule has 1 saturated heterocycles. The molecule has 1 aromatic rings. The third-order valence-corrected chi connectivity index (χ3v) is 3.92. The van der Waals surface area contributed by atoms with Gasteiger partial charge in [-0.1, -0.05) is 30.3 Å². The molecule has 4 nitrogen and oxygen atoms in total. The number of carbonyl (C=O) groups is 1. The Kier molecular flexibility index (Phi) is 6.70. The predicted molar refractivity (Wildman–Crippen MR) is 81.9 cm³/mol. The summed E-state index contributed by atoms with van der Waals surface area (Å²) in [5.74, 6) is 0.213. The van der Waals surface area contributed by atoms with Gasteiger partial charge in [0.1, 0.15) is 0 Å². The van der Waals surface area contributed by atoms with Crippen molar-refractivity contribution in [1.82, 2.24) is 4.90 Å². The van der Waals surface area contributed by atoms with Crippen LogP contribution >= 0.6 is 0 Å². The highest BCUT2D eigenvalue weighted by molar-refractivity contribution is 5.76. The van der Waals surface area contributed by atoms with Crippen LogP contribution in [0.15, 0.2) is 30.3 Å². The van der Waals surface area contributed by atoms with E-state index in [0.717, 1.165) is 32.5 Å². The lowest BCUT2D eigenvalue weighted by molar-refractivity contribution is -0.134. The first-order chi connectivity index (χ1) is 10.3. The van der Waals surface area contributed by atoms with Gasteiger partial charge in [-0.15, -0.1) is 0 Å². The Bertz CT molecular complexity index is 415. The van der Waals surface area contributed by atoms with Gasteiger partial charge in [-0.25, -0.2) is 0 Å². The largest absolute Gasteiger partial charge is 0.381 e. The number of hydrogen-bond donors (Lipinski definition) is 0. The quantitative estimate of drug-likeness (QED) is 0.725. The van der Waals surface area contributed by atoms with Crippen molar-refractivity contribution in [3.05, 3.63) is 35.9 Å².